The topological polar surface area (TPSA) is 60.8 Å². The van der Waals surface area contributed by atoms with Crippen molar-refractivity contribution in [1.82, 2.24) is 4.90 Å². The van der Waals surface area contributed by atoms with E-state index in [1.165, 1.54) is 6.07 Å². The Hall–Kier alpha value is -0.820. The summed E-state index contributed by atoms with van der Waals surface area (Å²) in [6, 6.07) is 4.91. The molecular formula is C12H14INO3. The highest BCUT2D eigenvalue weighted by molar-refractivity contribution is 14.1. The van der Waals surface area contributed by atoms with E-state index in [1.54, 1.807) is 17.0 Å². The minimum atomic E-state index is -0.743. The SMILES string of the molecule is CCC1(O)CN(C(=O)c2cc(I)ccc2O)C1. The maximum absolute atomic E-state index is 12.1. The number of likely N-dealkylation sites (tertiary alicyclic amines) is 1. The van der Waals surface area contributed by atoms with Crippen LogP contribution in [0.3, 0.4) is 0 Å². The van der Waals surface area contributed by atoms with Crippen molar-refractivity contribution in [3.8, 4) is 5.75 Å². The largest absolute Gasteiger partial charge is 0.507 e. The highest BCUT2D eigenvalue weighted by Crippen LogP contribution is 2.28. The Balaban J connectivity index is 2.14. The van der Waals surface area contributed by atoms with E-state index in [0.717, 1.165) is 3.57 Å². The van der Waals surface area contributed by atoms with Gasteiger partial charge >= 0.3 is 0 Å². The molecule has 0 saturated carbocycles. The number of hydrogen-bond acceptors (Lipinski definition) is 3. The van der Waals surface area contributed by atoms with Crippen LogP contribution in [0.25, 0.3) is 0 Å². The van der Waals surface area contributed by atoms with Crippen molar-refractivity contribution in [2.75, 3.05) is 13.1 Å². The maximum Gasteiger partial charge on any atom is 0.257 e. The molecular weight excluding hydrogens is 333 g/mol. The van der Waals surface area contributed by atoms with Gasteiger partial charge in [-0.25, -0.2) is 0 Å². The Kier molecular flexibility index (Phi) is 3.31. The smallest absolute Gasteiger partial charge is 0.257 e. The summed E-state index contributed by atoms with van der Waals surface area (Å²) < 4.78 is 0.898. The number of carbonyl (C=O) groups excluding carboxylic acids is 1. The maximum atomic E-state index is 12.1. The van der Waals surface area contributed by atoms with Crippen molar-refractivity contribution in [1.29, 1.82) is 0 Å². The Labute approximate surface area is 113 Å². The van der Waals surface area contributed by atoms with Crippen molar-refractivity contribution >= 4 is 28.5 Å². The predicted molar refractivity (Wildman–Crippen MR) is 72.0 cm³/mol. The van der Waals surface area contributed by atoms with Crippen molar-refractivity contribution in [3.05, 3.63) is 27.3 Å². The van der Waals surface area contributed by atoms with Crippen molar-refractivity contribution in [2.24, 2.45) is 0 Å². The molecule has 1 saturated heterocycles. The normalized spacial score (nSPS) is 17.7. The molecule has 0 aliphatic carbocycles. The zero-order valence-corrected chi connectivity index (χ0v) is 11.6. The summed E-state index contributed by atoms with van der Waals surface area (Å²) >= 11 is 2.09. The van der Waals surface area contributed by atoms with Gasteiger partial charge in [-0.15, -0.1) is 0 Å². The third kappa shape index (κ3) is 2.40. The molecule has 0 atom stereocenters. The van der Waals surface area contributed by atoms with Crippen LogP contribution in [0, 0.1) is 3.57 Å². The van der Waals surface area contributed by atoms with E-state index in [0.29, 0.717) is 25.1 Å². The van der Waals surface area contributed by atoms with Gasteiger partial charge in [-0.05, 0) is 47.2 Å². The van der Waals surface area contributed by atoms with Gasteiger partial charge in [0.05, 0.1) is 24.3 Å². The summed E-state index contributed by atoms with van der Waals surface area (Å²) in [5, 5.41) is 19.5. The molecule has 5 heteroatoms. The molecule has 0 radical (unpaired) electrons. The summed E-state index contributed by atoms with van der Waals surface area (Å²) in [5.74, 6) is -0.235. The van der Waals surface area contributed by atoms with Gasteiger partial charge in [-0.2, -0.15) is 0 Å². The van der Waals surface area contributed by atoms with E-state index in [9.17, 15) is 15.0 Å². The van der Waals surface area contributed by atoms with Crippen LogP contribution in [0.15, 0.2) is 18.2 Å². The molecule has 0 unspecified atom stereocenters. The van der Waals surface area contributed by atoms with E-state index in [4.69, 9.17) is 0 Å². The van der Waals surface area contributed by atoms with Crippen LogP contribution in [-0.2, 0) is 0 Å². The number of amides is 1. The molecule has 1 aliphatic heterocycles. The molecule has 2 N–H and O–H groups in total. The van der Waals surface area contributed by atoms with Gasteiger partial charge in [0.1, 0.15) is 5.75 Å². The number of hydrogen-bond donors (Lipinski definition) is 2. The second-order valence-electron chi connectivity index (χ2n) is 4.40. The molecule has 1 aromatic rings. The third-order valence-electron chi connectivity index (χ3n) is 3.10. The Morgan fingerprint density at radius 3 is 2.76 bits per heavy atom. The third-order valence-corrected chi connectivity index (χ3v) is 3.78. The number of rotatable bonds is 2. The van der Waals surface area contributed by atoms with Crippen molar-refractivity contribution in [2.45, 2.75) is 18.9 Å². The molecule has 1 amide bonds. The van der Waals surface area contributed by atoms with Gasteiger partial charge in [0.25, 0.3) is 5.91 Å². The number of phenolic OH excluding ortho intramolecular Hbond substituents is 1. The fourth-order valence-corrected chi connectivity index (χ4v) is 2.37. The molecule has 1 aliphatic rings. The van der Waals surface area contributed by atoms with Gasteiger partial charge in [0.2, 0.25) is 0 Å². The first-order valence-corrected chi connectivity index (χ1v) is 6.53. The van der Waals surface area contributed by atoms with Crippen LogP contribution in [0.5, 0.6) is 5.75 Å². The molecule has 2 rings (SSSR count). The quantitative estimate of drug-likeness (QED) is 0.799. The van der Waals surface area contributed by atoms with Crippen molar-refractivity contribution in [3.63, 3.8) is 0 Å². The van der Waals surface area contributed by atoms with Crippen LogP contribution in [0.4, 0.5) is 0 Å². The van der Waals surface area contributed by atoms with Crippen LogP contribution >= 0.6 is 22.6 Å². The number of nitrogens with zero attached hydrogens (tertiary/aromatic N) is 1. The number of benzene rings is 1. The highest BCUT2D eigenvalue weighted by Gasteiger charge is 2.42. The summed E-state index contributed by atoms with van der Waals surface area (Å²) in [7, 11) is 0. The van der Waals surface area contributed by atoms with Gasteiger partial charge < -0.3 is 15.1 Å². The van der Waals surface area contributed by atoms with Gasteiger partial charge in [0.15, 0.2) is 0 Å². The molecule has 1 fully saturated rings. The standard InChI is InChI=1S/C12H14INO3/c1-2-12(17)6-14(7-12)11(16)9-5-8(13)3-4-10(9)15/h3-5,15,17H,2,6-7H2,1H3. The number of aliphatic hydroxyl groups is 1. The van der Waals surface area contributed by atoms with E-state index in [2.05, 4.69) is 22.6 Å². The lowest BCUT2D eigenvalue weighted by atomic mass is 9.90. The summed E-state index contributed by atoms with van der Waals surface area (Å²) in [4.78, 5) is 13.6. The Morgan fingerprint density at radius 1 is 1.53 bits per heavy atom. The first-order chi connectivity index (χ1) is 7.95. The van der Waals surface area contributed by atoms with Crippen LogP contribution in [0.1, 0.15) is 23.7 Å². The van der Waals surface area contributed by atoms with Crippen LogP contribution in [-0.4, -0.2) is 39.7 Å². The monoisotopic (exact) mass is 347 g/mol. The Morgan fingerprint density at radius 2 is 2.18 bits per heavy atom. The number of carbonyl (C=O) groups is 1. The lowest BCUT2D eigenvalue weighted by Crippen LogP contribution is -2.63. The lowest BCUT2D eigenvalue weighted by Gasteiger charge is -2.46. The lowest BCUT2D eigenvalue weighted by molar-refractivity contribution is -0.0827. The molecule has 92 valence electrons. The second kappa shape index (κ2) is 4.45. The molecule has 17 heavy (non-hydrogen) atoms. The first-order valence-electron chi connectivity index (χ1n) is 5.45. The minimum absolute atomic E-state index is 0.0117. The van der Waals surface area contributed by atoms with E-state index < -0.39 is 5.60 Å². The molecule has 1 heterocycles. The predicted octanol–water partition coefficient (Wildman–Crippen LogP) is 1.59. The van der Waals surface area contributed by atoms with E-state index in [1.807, 2.05) is 6.92 Å². The molecule has 4 nitrogen and oxygen atoms in total. The van der Waals surface area contributed by atoms with Gasteiger partial charge in [-0.1, -0.05) is 6.92 Å². The summed E-state index contributed by atoms with van der Waals surface area (Å²) in [6.07, 6.45) is 0.634. The van der Waals surface area contributed by atoms with Crippen LogP contribution < -0.4 is 0 Å². The minimum Gasteiger partial charge on any atom is -0.507 e. The number of halogens is 1. The fourth-order valence-electron chi connectivity index (χ4n) is 1.88. The second-order valence-corrected chi connectivity index (χ2v) is 5.65. The molecule has 0 bridgehead atoms. The van der Waals surface area contributed by atoms with E-state index in [-0.39, 0.29) is 11.7 Å². The number of phenols is 1. The number of β-amino-alcohol motifs (C(OH)–C–C–N with tert-alkyl or cyclic N) is 1. The fraction of sp³-hybridized carbons (Fsp3) is 0.417. The summed E-state index contributed by atoms with van der Waals surface area (Å²) in [6.45, 7) is 2.57. The van der Waals surface area contributed by atoms with Crippen molar-refractivity contribution < 1.29 is 15.0 Å². The zero-order valence-electron chi connectivity index (χ0n) is 9.48. The van der Waals surface area contributed by atoms with Gasteiger partial charge in [0, 0.05) is 3.57 Å². The van der Waals surface area contributed by atoms with E-state index >= 15 is 0 Å². The van der Waals surface area contributed by atoms with Crippen LogP contribution in [0.2, 0.25) is 0 Å². The first kappa shape index (κ1) is 12.6. The average molecular weight is 347 g/mol. The average Bonchev–Trinajstić information content (AvgIpc) is 2.27. The molecule has 0 spiro atoms. The zero-order chi connectivity index (χ0) is 12.6. The summed E-state index contributed by atoms with van der Waals surface area (Å²) in [5.41, 5.74) is -0.442. The highest BCUT2D eigenvalue weighted by atomic mass is 127. The number of aromatic hydroxyl groups is 1. The molecule has 0 aromatic heterocycles. The Bertz CT molecular complexity index is 455. The van der Waals surface area contributed by atoms with Gasteiger partial charge in [-0.3, -0.25) is 4.79 Å². The molecule has 1 aromatic carbocycles.